The number of carbonyl (C=O) groups excluding carboxylic acids is 1. The van der Waals surface area contributed by atoms with Crippen molar-refractivity contribution in [3.8, 4) is 0 Å². The lowest BCUT2D eigenvalue weighted by molar-refractivity contribution is -0.145. The van der Waals surface area contributed by atoms with Crippen molar-refractivity contribution < 1.29 is 9.90 Å². The Morgan fingerprint density at radius 2 is 2.16 bits per heavy atom. The number of fused-ring (bicyclic) bond motifs is 1. The highest BCUT2D eigenvalue weighted by atomic mass is 16.3. The molecule has 3 rings (SSSR count). The third-order valence-corrected chi connectivity index (χ3v) is 5.54. The molecule has 108 valence electrons. The fourth-order valence-corrected chi connectivity index (χ4v) is 4.13. The van der Waals surface area contributed by atoms with Crippen LogP contribution in [0.3, 0.4) is 0 Å². The van der Waals surface area contributed by atoms with Crippen molar-refractivity contribution in [3.05, 3.63) is 0 Å². The largest absolute Gasteiger partial charge is 0.389 e. The normalized spacial score (nSPS) is 43.1. The molecular weight excluding hydrogens is 240 g/mol. The third kappa shape index (κ3) is 2.40. The zero-order chi connectivity index (χ0) is 13.5. The Labute approximate surface area is 115 Å². The summed E-state index contributed by atoms with van der Waals surface area (Å²) in [5.41, 5.74) is -0.482. The molecule has 19 heavy (non-hydrogen) atoms. The van der Waals surface area contributed by atoms with Gasteiger partial charge in [0.05, 0.1) is 11.6 Å². The molecule has 0 radical (unpaired) electrons. The molecule has 1 saturated carbocycles. The van der Waals surface area contributed by atoms with Crippen LogP contribution in [0.1, 0.15) is 45.4 Å². The van der Waals surface area contributed by atoms with E-state index in [0.717, 1.165) is 51.7 Å². The lowest BCUT2D eigenvalue weighted by atomic mass is 9.71. The van der Waals surface area contributed by atoms with E-state index in [4.69, 9.17) is 0 Å². The summed E-state index contributed by atoms with van der Waals surface area (Å²) in [7, 11) is 0. The average Bonchev–Trinajstić information content (AvgIpc) is 2.83. The predicted octanol–water partition coefficient (Wildman–Crippen LogP) is 1.14. The molecule has 1 aliphatic carbocycles. The second-order valence-corrected chi connectivity index (χ2v) is 6.78. The van der Waals surface area contributed by atoms with Gasteiger partial charge in [-0.15, -0.1) is 0 Å². The highest BCUT2D eigenvalue weighted by molar-refractivity contribution is 5.82. The molecule has 0 aromatic heterocycles. The molecule has 1 amide bonds. The maximum atomic E-state index is 12.6. The fraction of sp³-hybridized carbons (Fsp3) is 0.933. The minimum atomic E-state index is -0.482. The Kier molecular flexibility index (Phi) is 3.56. The molecule has 3 aliphatic rings. The van der Waals surface area contributed by atoms with Crippen LogP contribution in [0.4, 0.5) is 0 Å². The van der Waals surface area contributed by atoms with Crippen molar-refractivity contribution in [3.63, 3.8) is 0 Å². The van der Waals surface area contributed by atoms with E-state index >= 15 is 0 Å². The molecule has 0 aromatic carbocycles. The molecule has 4 unspecified atom stereocenters. The van der Waals surface area contributed by atoms with Crippen molar-refractivity contribution in [2.24, 2.45) is 11.8 Å². The Morgan fingerprint density at radius 1 is 1.32 bits per heavy atom. The molecule has 0 spiro atoms. The number of amides is 1. The van der Waals surface area contributed by atoms with Crippen LogP contribution < -0.4 is 5.32 Å². The first-order valence-corrected chi connectivity index (χ1v) is 7.85. The molecule has 2 N–H and O–H groups in total. The lowest BCUT2D eigenvalue weighted by Gasteiger charge is -2.48. The van der Waals surface area contributed by atoms with E-state index in [9.17, 15) is 9.90 Å². The van der Waals surface area contributed by atoms with Gasteiger partial charge >= 0.3 is 0 Å². The summed E-state index contributed by atoms with van der Waals surface area (Å²) in [5, 5.41) is 14.0. The Hall–Kier alpha value is -0.610. The van der Waals surface area contributed by atoms with E-state index in [2.05, 4.69) is 12.2 Å². The molecule has 2 heterocycles. The Morgan fingerprint density at radius 3 is 2.89 bits per heavy atom. The second kappa shape index (κ2) is 5.06. The quantitative estimate of drug-likeness (QED) is 0.748. The second-order valence-electron chi connectivity index (χ2n) is 6.78. The Bertz CT molecular complexity index is 360. The zero-order valence-electron chi connectivity index (χ0n) is 11.9. The number of nitrogens with one attached hydrogen (secondary N) is 1. The number of rotatable bonds is 1. The van der Waals surface area contributed by atoms with E-state index in [1.54, 1.807) is 0 Å². The number of hydrogen-bond donors (Lipinski definition) is 2. The van der Waals surface area contributed by atoms with Crippen LogP contribution in [0.25, 0.3) is 0 Å². The van der Waals surface area contributed by atoms with Gasteiger partial charge in [0.15, 0.2) is 0 Å². The number of piperidine rings is 1. The standard InChI is InChI=1S/C15H26N2O2/c1-11-5-8-16-13(11)14(18)17-9-7-15(19)6-3-2-4-12(15)10-17/h11-13,16,19H,2-10H2,1H3. The minimum Gasteiger partial charge on any atom is -0.389 e. The predicted molar refractivity (Wildman–Crippen MR) is 73.7 cm³/mol. The van der Waals surface area contributed by atoms with Crippen LogP contribution in [0.2, 0.25) is 0 Å². The number of likely N-dealkylation sites (tertiary alicyclic amines) is 1. The third-order valence-electron chi connectivity index (χ3n) is 5.54. The number of nitrogens with zero attached hydrogens (tertiary/aromatic N) is 1. The molecule has 4 atom stereocenters. The lowest BCUT2D eigenvalue weighted by Crippen LogP contribution is -2.57. The summed E-state index contributed by atoms with van der Waals surface area (Å²) < 4.78 is 0. The van der Waals surface area contributed by atoms with Gasteiger partial charge in [-0.25, -0.2) is 0 Å². The van der Waals surface area contributed by atoms with Crippen LogP contribution in [-0.4, -0.2) is 47.2 Å². The van der Waals surface area contributed by atoms with Crippen molar-refractivity contribution in [1.29, 1.82) is 0 Å². The van der Waals surface area contributed by atoms with Gasteiger partial charge in [0, 0.05) is 19.0 Å². The topological polar surface area (TPSA) is 52.6 Å². The van der Waals surface area contributed by atoms with Gasteiger partial charge in [-0.3, -0.25) is 4.79 Å². The minimum absolute atomic E-state index is 0.00906. The van der Waals surface area contributed by atoms with Crippen LogP contribution in [0, 0.1) is 11.8 Å². The highest BCUT2D eigenvalue weighted by Gasteiger charge is 2.45. The van der Waals surface area contributed by atoms with Crippen LogP contribution in [0.5, 0.6) is 0 Å². The monoisotopic (exact) mass is 266 g/mol. The van der Waals surface area contributed by atoms with E-state index in [1.165, 1.54) is 6.42 Å². The Balaban J connectivity index is 1.65. The molecule has 3 fully saturated rings. The van der Waals surface area contributed by atoms with Gasteiger partial charge in [0.1, 0.15) is 0 Å². The van der Waals surface area contributed by atoms with Crippen LogP contribution in [0.15, 0.2) is 0 Å². The number of aliphatic hydroxyl groups is 1. The summed E-state index contributed by atoms with van der Waals surface area (Å²) >= 11 is 0. The van der Waals surface area contributed by atoms with Gasteiger partial charge in [0.2, 0.25) is 5.91 Å². The molecule has 4 heteroatoms. The summed E-state index contributed by atoms with van der Waals surface area (Å²) in [6.07, 6.45) is 6.21. The van der Waals surface area contributed by atoms with Crippen molar-refractivity contribution >= 4 is 5.91 Å². The summed E-state index contributed by atoms with van der Waals surface area (Å²) in [5.74, 6) is 1.01. The van der Waals surface area contributed by atoms with Gasteiger partial charge in [-0.2, -0.15) is 0 Å². The van der Waals surface area contributed by atoms with Gasteiger partial charge in [0.25, 0.3) is 0 Å². The van der Waals surface area contributed by atoms with Crippen molar-refractivity contribution in [2.45, 2.75) is 57.1 Å². The molecular formula is C15H26N2O2. The maximum Gasteiger partial charge on any atom is 0.239 e. The highest BCUT2D eigenvalue weighted by Crippen LogP contribution is 2.40. The first-order chi connectivity index (χ1) is 9.10. The molecule has 2 saturated heterocycles. The SMILES string of the molecule is CC1CCNC1C(=O)N1CCC2(O)CCCCC2C1. The number of hydrogen-bond acceptors (Lipinski definition) is 3. The maximum absolute atomic E-state index is 12.6. The van der Waals surface area contributed by atoms with Gasteiger partial charge in [-0.1, -0.05) is 19.8 Å². The molecule has 0 bridgehead atoms. The average molecular weight is 266 g/mol. The van der Waals surface area contributed by atoms with E-state index in [-0.39, 0.29) is 11.9 Å². The smallest absolute Gasteiger partial charge is 0.239 e. The number of carbonyl (C=O) groups is 1. The van der Waals surface area contributed by atoms with Crippen molar-refractivity contribution in [1.82, 2.24) is 10.2 Å². The summed E-state index contributed by atoms with van der Waals surface area (Å²) in [4.78, 5) is 14.6. The first-order valence-electron chi connectivity index (χ1n) is 7.85. The van der Waals surface area contributed by atoms with Crippen LogP contribution in [-0.2, 0) is 4.79 Å². The van der Waals surface area contributed by atoms with E-state index in [0.29, 0.717) is 11.8 Å². The van der Waals surface area contributed by atoms with Gasteiger partial charge < -0.3 is 15.3 Å². The zero-order valence-corrected chi connectivity index (χ0v) is 11.9. The molecule has 4 nitrogen and oxygen atoms in total. The first kappa shape index (κ1) is 13.4. The fourth-order valence-electron chi connectivity index (χ4n) is 4.13. The van der Waals surface area contributed by atoms with E-state index in [1.807, 2.05) is 4.90 Å². The van der Waals surface area contributed by atoms with Crippen molar-refractivity contribution in [2.75, 3.05) is 19.6 Å². The summed E-state index contributed by atoms with van der Waals surface area (Å²) in [6, 6.07) is 0.00906. The molecule has 0 aromatic rings. The summed E-state index contributed by atoms with van der Waals surface area (Å²) in [6.45, 7) is 4.61. The van der Waals surface area contributed by atoms with Gasteiger partial charge in [-0.05, 0) is 38.1 Å². The molecule has 2 aliphatic heterocycles. The van der Waals surface area contributed by atoms with Crippen LogP contribution >= 0.6 is 0 Å². The van der Waals surface area contributed by atoms with E-state index < -0.39 is 5.60 Å².